The molecule has 1 aromatic heterocycles. The molecule has 0 fully saturated rings. The maximum absolute atomic E-state index is 12.4. The van der Waals surface area contributed by atoms with Gasteiger partial charge >= 0.3 is 0 Å². The van der Waals surface area contributed by atoms with Crippen LogP contribution in [0.1, 0.15) is 6.92 Å². The van der Waals surface area contributed by atoms with Crippen LogP contribution in [0.2, 0.25) is 0 Å². The van der Waals surface area contributed by atoms with E-state index in [0.29, 0.717) is 17.1 Å². The molecule has 3 rings (SSSR count). The maximum Gasteiger partial charge on any atom is 0.228 e. The highest BCUT2D eigenvalue weighted by molar-refractivity contribution is 7.99. The molecule has 3 aromatic rings. The molecule has 0 aliphatic rings. The number of hydrogen-bond donors (Lipinski definition) is 1. The summed E-state index contributed by atoms with van der Waals surface area (Å²) in [5.74, 6) is 0.345. The number of benzene rings is 2. The fourth-order valence-electron chi connectivity index (χ4n) is 2.56. The van der Waals surface area contributed by atoms with E-state index in [1.807, 2.05) is 37.3 Å². The third-order valence-electron chi connectivity index (χ3n) is 4.05. The van der Waals surface area contributed by atoms with Gasteiger partial charge in [0.2, 0.25) is 5.91 Å². The molecule has 0 aliphatic heterocycles. The largest absolute Gasteiger partial charge is 0.323 e. The minimum absolute atomic E-state index is 0.112. The lowest BCUT2D eigenvalue weighted by molar-refractivity contribution is -0.118. The number of aromatic nitrogens is 2. The van der Waals surface area contributed by atoms with E-state index in [0.717, 1.165) is 11.2 Å². The van der Waals surface area contributed by atoms with Crippen LogP contribution < -0.4 is 5.32 Å². The van der Waals surface area contributed by atoms with Crippen molar-refractivity contribution in [1.29, 1.82) is 0 Å². The fraction of sp³-hybridized carbons (Fsp3) is 0.200. The first-order valence-electron chi connectivity index (χ1n) is 8.67. The molecule has 0 saturated heterocycles. The minimum atomic E-state index is -3.39. The van der Waals surface area contributed by atoms with E-state index in [-0.39, 0.29) is 16.7 Å². The molecular formula is C20H21N3O3S2. The number of carbonyl (C=O) groups excluding carboxylic acids is 1. The van der Waals surface area contributed by atoms with Gasteiger partial charge in [-0.05, 0) is 24.3 Å². The minimum Gasteiger partial charge on any atom is -0.323 e. The number of anilines is 1. The second-order valence-electron chi connectivity index (χ2n) is 6.43. The van der Waals surface area contributed by atoms with Gasteiger partial charge in [-0.3, -0.25) is 4.79 Å². The summed E-state index contributed by atoms with van der Waals surface area (Å²) < 4.78 is 25.4. The zero-order valence-electron chi connectivity index (χ0n) is 15.6. The van der Waals surface area contributed by atoms with Gasteiger partial charge in [0, 0.05) is 22.8 Å². The third kappa shape index (κ3) is 5.02. The van der Waals surface area contributed by atoms with E-state index in [9.17, 15) is 13.2 Å². The molecule has 1 heterocycles. The van der Waals surface area contributed by atoms with E-state index in [4.69, 9.17) is 0 Å². The highest BCUT2D eigenvalue weighted by Crippen LogP contribution is 2.22. The lowest BCUT2D eigenvalue weighted by Crippen LogP contribution is -2.21. The number of nitrogens with one attached hydrogen (secondary N) is 1. The predicted molar refractivity (Wildman–Crippen MR) is 112 cm³/mol. The van der Waals surface area contributed by atoms with Crippen molar-refractivity contribution < 1.29 is 13.2 Å². The number of para-hydroxylation sites is 1. The van der Waals surface area contributed by atoms with Crippen LogP contribution in [0, 0.1) is 5.92 Å². The summed E-state index contributed by atoms with van der Waals surface area (Å²) >= 11 is 1.63. The number of thioether (sulfide) groups is 1. The zero-order chi connectivity index (χ0) is 20.1. The van der Waals surface area contributed by atoms with Crippen LogP contribution in [0.15, 0.2) is 76.8 Å². The molecule has 1 N–H and O–H groups in total. The molecule has 1 atom stereocenters. The Labute approximate surface area is 168 Å². The molecule has 8 heteroatoms. The number of carbonyl (C=O) groups is 1. The van der Waals surface area contributed by atoms with Crippen LogP contribution in [0.5, 0.6) is 0 Å². The summed E-state index contributed by atoms with van der Waals surface area (Å²) in [6.07, 6.45) is 4.27. The van der Waals surface area contributed by atoms with Gasteiger partial charge in [-0.15, -0.1) is 11.8 Å². The van der Waals surface area contributed by atoms with E-state index >= 15 is 0 Å². The van der Waals surface area contributed by atoms with Gasteiger partial charge in [0.1, 0.15) is 0 Å². The van der Waals surface area contributed by atoms with Crippen LogP contribution in [-0.4, -0.2) is 36.1 Å². The molecule has 1 unspecified atom stereocenters. The summed E-state index contributed by atoms with van der Waals surface area (Å²) in [4.78, 5) is 13.8. The van der Waals surface area contributed by atoms with Gasteiger partial charge in [-0.2, -0.15) is 5.10 Å². The number of sulfone groups is 1. The Balaban J connectivity index is 1.67. The van der Waals surface area contributed by atoms with Crippen LogP contribution >= 0.6 is 11.8 Å². The van der Waals surface area contributed by atoms with E-state index in [2.05, 4.69) is 10.4 Å². The summed E-state index contributed by atoms with van der Waals surface area (Å²) in [6, 6.07) is 16.5. The Morgan fingerprint density at radius 3 is 2.54 bits per heavy atom. The lowest BCUT2D eigenvalue weighted by atomic mass is 10.2. The first-order chi connectivity index (χ1) is 13.3. The molecule has 28 heavy (non-hydrogen) atoms. The fourth-order valence-corrected chi connectivity index (χ4v) is 4.37. The highest BCUT2D eigenvalue weighted by Gasteiger charge is 2.17. The molecule has 0 spiro atoms. The van der Waals surface area contributed by atoms with Crippen molar-refractivity contribution in [3.05, 3.63) is 67.0 Å². The van der Waals surface area contributed by atoms with Crippen LogP contribution in [-0.2, 0) is 14.6 Å². The van der Waals surface area contributed by atoms with Crippen molar-refractivity contribution in [2.75, 3.05) is 17.3 Å². The first-order valence-corrected chi connectivity index (χ1v) is 11.5. The second kappa shape index (κ2) is 8.62. The predicted octanol–water partition coefficient (Wildman–Crippen LogP) is 3.64. The van der Waals surface area contributed by atoms with Crippen molar-refractivity contribution in [2.24, 2.45) is 5.92 Å². The summed E-state index contributed by atoms with van der Waals surface area (Å²) in [7, 11) is -3.39. The molecule has 2 aromatic carbocycles. The molecular weight excluding hydrogens is 394 g/mol. The highest BCUT2D eigenvalue weighted by atomic mass is 32.2. The Kier molecular flexibility index (Phi) is 6.21. The van der Waals surface area contributed by atoms with Crippen molar-refractivity contribution in [2.45, 2.75) is 16.7 Å². The topological polar surface area (TPSA) is 81.1 Å². The first kappa shape index (κ1) is 20.2. The van der Waals surface area contributed by atoms with E-state index in [1.54, 1.807) is 36.2 Å². The Bertz CT molecular complexity index is 1060. The van der Waals surface area contributed by atoms with E-state index in [1.165, 1.54) is 16.9 Å². The SMILES string of the molecule is CC(CSc1ccccc1)C(=O)Nc1cnn(-c2ccccc2S(C)(=O)=O)c1. The standard InChI is InChI=1S/C20H21N3O3S2/c1-15(14-27-17-8-4-3-5-9-17)20(24)22-16-12-21-23(13-16)18-10-6-7-11-19(18)28(2,25)26/h3-13,15H,14H2,1-2H3,(H,22,24). The van der Waals surface area contributed by atoms with Gasteiger partial charge in [0.15, 0.2) is 9.84 Å². The van der Waals surface area contributed by atoms with Crippen molar-refractivity contribution >= 4 is 33.2 Å². The van der Waals surface area contributed by atoms with Crippen LogP contribution in [0.3, 0.4) is 0 Å². The average Bonchev–Trinajstić information content (AvgIpc) is 3.14. The van der Waals surface area contributed by atoms with Gasteiger partial charge in [-0.25, -0.2) is 13.1 Å². The third-order valence-corrected chi connectivity index (χ3v) is 6.47. The number of amides is 1. The number of nitrogens with zero attached hydrogens (tertiary/aromatic N) is 2. The number of hydrogen-bond acceptors (Lipinski definition) is 5. The molecule has 0 saturated carbocycles. The molecule has 146 valence electrons. The van der Waals surface area contributed by atoms with Crippen molar-refractivity contribution in [1.82, 2.24) is 9.78 Å². The molecule has 1 amide bonds. The van der Waals surface area contributed by atoms with Gasteiger partial charge in [0.05, 0.1) is 28.7 Å². The Hall–Kier alpha value is -2.58. The van der Waals surface area contributed by atoms with E-state index < -0.39 is 9.84 Å². The Morgan fingerprint density at radius 2 is 1.82 bits per heavy atom. The smallest absolute Gasteiger partial charge is 0.228 e. The second-order valence-corrected chi connectivity index (χ2v) is 9.51. The molecule has 0 aliphatic carbocycles. The summed E-state index contributed by atoms with van der Waals surface area (Å²) in [5.41, 5.74) is 0.961. The number of rotatable bonds is 7. The summed E-state index contributed by atoms with van der Waals surface area (Å²) in [5, 5.41) is 7.04. The monoisotopic (exact) mass is 415 g/mol. The van der Waals surface area contributed by atoms with Gasteiger partial charge in [0.25, 0.3) is 0 Å². The summed E-state index contributed by atoms with van der Waals surface area (Å²) in [6.45, 7) is 1.87. The zero-order valence-corrected chi connectivity index (χ0v) is 17.2. The normalized spacial score (nSPS) is 12.5. The lowest BCUT2D eigenvalue weighted by Gasteiger charge is -2.11. The Morgan fingerprint density at radius 1 is 1.14 bits per heavy atom. The maximum atomic E-state index is 12.4. The van der Waals surface area contributed by atoms with Crippen molar-refractivity contribution in [3.8, 4) is 5.69 Å². The van der Waals surface area contributed by atoms with Crippen LogP contribution in [0.25, 0.3) is 5.69 Å². The van der Waals surface area contributed by atoms with Crippen molar-refractivity contribution in [3.63, 3.8) is 0 Å². The average molecular weight is 416 g/mol. The molecule has 0 radical (unpaired) electrons. The van der Waals surface area contributed by atoms with Gasteiger partial charge < -0.3 is 5.32 Å². The van der Waals surface area contributed by atoms with Crippen LogP contribution in [0.4, 0.5) is 5.69 Å². The molecule has 6 nitrogen and oxygen atoms in total. The molecule has 0 bridgehead atoms. The van der Waals surface area contributed by atoms with Gasteiger partial charge in [-0.1, -0.05) is 37.3 Å². The quantitative estimate of drug-likeness (QED) is 0.596.